The second-order valence-corrected chi connectivity index (χ2v) is 9.27. The molecule has 0 amide bonds. The van der Waals surface area contributed by atoms with Crippen LogP contribution in [-0.4, -0.2) is 5.78 Å². The largest absolute Gasteiger partial charge is 0.299 e. The smallest absolute Gasteiger partial charge is 0.139 e. The molecular formula is C20H32O. The highest BCUT2D eigenvalue weighted by Gasteiger charge is 2.60. The second kappa shape index (κ2) is 4.59. The van der Waals surface area contributed by atoms with Gasteiger partial charge in [0.15, 0.2) is 0 Å². The molecule has 0 aromatic rings. The molecule has 0 spiro atoms. The van der Waals surface area contributed by atoms with E-state index in [1.54, 1.807) is 0 Å². The predicted octanol–water partition coefficient (Wildman–Crippen LogP) is 5.23. The lowest BCUT2D eigenvalue weighted by Crippen LogP contribution is -2.55. The van der Waals surface area contributed by atoms with Crippen molar-refractivity contribution in [2.75, 3.05) is 0 Å². The zero-order valence-corrected chi connectivity index (χ0v) is 14.2. The number of hydrogen-bond acceptors (Lipinski definition) is 1. The summed E-state index contributed by atoms with van der Waals surface area (Å²) in [5, 5.41) is 0. The molecular weight excluding hydrogens is 256 g/mol. The Morgan fingerprint density at radius 1 is 0.952 bits per heavy atom. The monoisotopic (exact) mass is 288 g/mol. The first-order valence-electron chi connectivity index (χ1n) is 9.51. The third-order valence-electron chi connectivity index (χ3n) is 8.92. The van der Waals surface area contributed by atoms with Crippen LogP contribution in [0.5, 0.6) is 0 Å². The van der Waals surface area contributed by atoms with Crippen LogP contribution in [0.2, 0.25) is 0 Å². The number of ketones is 1. The number of fused-ring (bicyclic) bond motifs is 5. The molecule has 4 aliphatic rings. The molecule has 0 aliphatic heterocycles. The van der Waals surface area contributed by atoms with Crippen molar-refractivity contribution in [3.05, 3.63) is 0 Å². The van der Waals surface area contributed by atoms with Gasteiger partial charge in [0.1, 0.15) is 5.78 Å². The number of carbonyl (C=O) groups excluding carboxylic acids is 1. The highest BCUT2D eigenvalue weighted by molar-refractivity contribution is 5.87. The average molecular weight is 288 g/mol. The van der Waals surface area contributed by atoms with Crippen LogP contribution in [0.1, 0.15) is 78.6 Å². The van der Waals surface area contributed by atoms with Gasteiger partial charge in [-0.2, -0.15) is 0 Å². The number of hydrogen-bond donors (Lipinski definition) is 0. The summed E-state index contributed by atoms with van der Waals surface area (Å²) in [7, 11) is 0. The van der Waals surface area contributed by atoms with Crippen molar-refractivity contribution in [1.29, 1.82) is 0 Å². The van der Waals surface area contributed by atoms with Gasteiger partial charge in [-0.05, 0) is 73.5 Å². The van der Waals surface area contributed by atoms with Gasteiger partial charge in [0, 0.05) is 11.8 Å². The van der Waals surface area contributed by atoms with Crippen molar-refractivity contribution in [2.24, 2.45) is 40.4 Å². The quantitative estimate of drug-likeness (QED) is 0.596. The molecule has 2 unspecified atom stereocenters. The van der Waals surface area contributed by atoms with Gasteiger partial charge in [-0.1, -0.05) is 33.6 Å². The van der Waals surface area contributed by atoms with Crippen molar-refractivity contribution in [1.82, 2.24) is 0 Å². The van der Waals surface area contributed by atoms with Crippen LogP contribution in [0, 0.1) is 40.4 Å². The Morgan fingerprint density at radius 3 is 2.57 bits per heavy atom. The molecule has 0 aromatic carbocycles. The van der Waals surface area contributed by atoms with Crippen molar-refractivity contribution < 1.29 is 4.79 Å². The van der Waals surface area contributed by atoms with Crippen LogP contribution in [0.4, 0.5) is 0 Å². The summed E-state index contributed by atoms with van der Waals surface area (Å²) in [4.78, 5) is 12.4. The fourth-order valence-corrected chi connectivity index (χ4v) is 7.45. The van der Waals surface area contributed by atoms with Gasteiger partial charge in [0.05, 0.1) is 0 Å². The van der Waals surface area contributed by atoms with Gasteiger partial charge >= 0.3 is 0 Å². The van der Waals surface area contributed by atoms with Gasteiger partial charge in [-0.25, -0.2) is 0 Å². The molecule has 4 aliphatic carbocycles. The van der Waals surface area contributed by atoms with E-state index in [-0.39, 0.29) is 5.41 Å². The second-order valence-electron chi connectivity index (χ2n) is 9.27. The van der Waals surface area contributed by atoms with E-state index in [2.05, 4.69) is 20.8 Å². The highest BCUT2D eigenvalue weighted by atomic mass is 16.1. The van der Waals surface area contributed by atoms with Crippen LogP contribution in [0.3, 0.4) is 0 Å². The van der Waals surface area contributed by atoms with Gasteiger partial charge in [-0.3, -0.25) is 4.79 Å². The van der Waals surface area contributed by atoms with Crippen LogP contribution in [-0.2, 0) is 4.79 Å². The maximum absolute atomic E-state index is 12.4. The molecule has 0 aromatic heterocycles. The minimum atomic E-state index is 0.0578. The highest BCUT2D eigenvalue weighted by Crippen LogP contribution is 2.66. The van der Waals surface area contributed by atoms with Crippen LogP contribution in [0.15, 0.2) is 0 Å². The van der Waals surface area contributed by atoms with Crippen molar-refractivity contribution >= 4 is 5.78 Å². The maximum atomic E-state index is 12.4. The summed E-state index contributed by atoms with van der Waals surface area (Å²) < 4.78 is 0. The molecule has 0 radical (unpaired) electrons. The molecule has 21 heavy (non-hydrogen) atoms. The van der Waals surface area contributed by atoms with Gasteiger partial charge < -0.3 is 0 Å². The van der Waals surface area contributed by atoms with E-state index in [0.29, 0.717) is 11.2 Å². The Labute approximate surface area is 130 Å². The normalized spacial score (nSPS) is 56.5. The standard InChI is InChI=1S/C20H32O/c1-13-5-4-6-14-7-8-15-16-9-10-18(21)19(16,2)12-11-17(15)20(13,14)3/h13-17H,4-12H2,1-3H3/t13?,14?,15-,16-,17+,19-,20-/m0/s1. The van der Waals surface area contributed by atoms with Gasteiger partial charge in [0.2, 0.25) is 0 Å². The zero-order chi connectivity index (χ0) is 14.8. The van der Waals surface area contributed by atoms with Gasteiger partial charge in [-0.15, -0.1) is 0 Å². The Morgan fingerprint density at radius 2 is 1.76 bits per heavy atom. The Hall–Kier alpha value is -0.330. The lowest BCUT2D eigenvalue weighted by atomic mass is 9.43. The van der Waals surface area contributed by atoms with Crippen molar-refractivity contribution in [3.8, 4) is 0 Å². The molecule has 1 nitrogen and oxygen atoms in total. The Kier molecular flexibility index (Phi) is 3.12. The minimum absolute atomic E-state index is 0.0578. The first-order valence-corrected chi connectivity index (χ1v) is 9.51. The SMILES string of the molecule is CC1CCCC2CC[C@@H]3[C@@H](CC[C@]4(C)C(=O)CC[C@@H]34)[C@@]12C. The summed E-state index contributed by atoms with van der Waals surface area (Å²) in [6, 6.07) is 0. The van der Waals surface area contributed by atoms with E-state index in [9.17, 15) is 4.79 Å². The average Bonchev–Trinajstić information content (AvgIpc) is 2.76. The third-order valence-corrected chi connectivity index (χ3v) is 8.92. The molecule has 118 valence electrons. The van der Waals surface area contributed by atoms with Crippen LogP contribution in [0.25, 0.3) is 0 Å². The molecule has 4 saturated carbocycles. The zero-order valence-electron chi connectivity index (χ0n) is 14.2. The van der Waals surface area contributed by atoms with E-state index in [0.717, 1.165) is 36.0 Å². The third kappa shape index (κ3) is 1.72. The van der Waals surface area contributed by atoms with E-state index in [4.69, 9.17) is 0 Å². The molecule has 7 atom stereocenters. The molecule has 1 heteroatoms. The van der Waals surface area contributed by atoms with Crippen molar-refractivity contribution in [3.63, 3.8) is 0 Å². The lowest BCUT2D eigenvalue weighted by Gasteiger charge is -2.61. The fraction of sp³-hybridized carbons (Fsp3) is 0.950. The van der Waals surface area contributed by atoms with Gasteiger partial charge in [0.25, 0.3) is 0 Å². The summed E-state index contributed by atoms with van der Waals surface area (Å²) in [6.07, 6.45) is 11.8. The van der Waals surface area contributed by atoms with E-state index >= 15 is 0 Å². The summed E-state index contributed by atoms with van der Waals surface area (Å²) in [5.74, 6) is 4.95. The van der Waals surface area contributed by atoms with Crippen LogP contribution < -0.4 is 0 Å². The Bertz CT molecular complexity index is 455. The summed E-state index contributed by atoms with van der Waals surface area (Å²) >= 11 is 0. The van der Waals surface area contributed by atoms with Crippen molar-refractivity contribution in [2.45, 2.75) is 78.6 Å². The topological polar surface area (TPSA) is 17.1 Å². The number of carbonyl (C=O) groups is 1. The van der Waals surface area contributed by atoms with E-state index in [1.165, 1.54) is 51.4 Å². The maximum Gasteiger partial charge on any atom is 0.139 e. The van der Waals surface area contributed by atoms with E-state index < -0.39 is 0 Å². The lowest BCUT2D eigenvalue weighted by molar-refractivity contribution is -0.145. The number of Topliss-reactive ketones (excluding diaryl/α,β-unsaturated/α-hetero) is 1. The molecule has 0 heterocycles. The molecule has 0 N–H and O–H groups in total. The molecule has 0 saturated heterocycles. The molecule has 4 rings (SSSR count). The fourth-order valence-electron chi connectivity index (χ4n) is 7.45. The first kappa shape index (κ1) is 14.3. The minimum Gasteiger partial charge on any atom is -0.299 e. The first-order chi connectivity index (χ1) is 9.98. The Balaban J connectivity index is 1.69. The summed E-state index contributed by atoms with van der Waals surface area (Å²) in [5.41, 5.74) is 0.635. The predicted molar refractivity (Wildman–Crippen MR) is 85.9 cm³/mol. The van der Waals surface area contributed by atoms with E-state index in [1.807, 2.05) is 0 Å². The summed E-state index contributed by atoms with van der Waals surface area (Å²) in [6.45, 7) is 7.47. The molecule has 4 fully saturated rings. The number of rotatable bonds is 0. The molecule has 0 bridgehead atoms. The van der Waals surface area contributed by atoms with Crippen LogP contribution >= 0.6 is 0 Å².